The Kier molecular flexibility index (Phi) is 9.21. The van der Waals surface area contributed by atoms with Crippen LogP contribution in [-0.4, -0.2) is 38.4 Å². The Bertz CT molecular complexity index is 788. The van der Waals surface area contributed by atoms with Crippen molar-refractivity contribution in [1.29, 1.82) is 0 Å². The number of carbonyl (C=O) groups excluding carboxylic acids is 2. The molecule has 0 aliphatic carbocycles. The quantitative estimate of drug-likeness (QED) is 0.190. The van der Waals surface area contributed by atoms with Crippen LogP contribution < -0.4 is 20.1 Å². The summed E-state index contributed by atoms with van der Waals surface area (Å²) in [6, 6.07) is 2.55. The van der Waals surface area contributed by atoms with Crippen LogP contribution in [-0.2, 0) is 4.79 Å². The first-order valence-electron chi connectivity index (χ1n) is 8.35. The molecule has 0 bridgehead atoms. The predicted octanol–water partition coefficient (Wildman–Crippen LogP) is 3.85. The number of rotatable bonds is 10. The summed E-state index contributed by atoms with van der Waals surface area (Å²) in [5.74, 6) is -1.96. The summed E-state index contributed by atoms with van der Waals surface area (Å²) in [6.45, 7) is -0.435. The van der Waals surface area contributed by atoms with E-state index < -0.39 is 49.2 Å². The predicted molar refractivity (Wildman–Crippen MR) is 93.7 cm³/mol. The maximum Gasteiger partial charge on any atom is 0.573 e. The Hall–Kier alpha value is -3.18. The molecule has 0 unspecified atom stereocenters. The summed E-state index contributed by atoms with van der Waals surface area (Å²) >= 11 is 0. The van der Waals surface area contributed by atoms with E-state index in [0.29, 0.717) is 6.29 Å². The van der Waals surface area contributed by atoms with Gasteiger partial charge < -0.3 is 20.1 Å². The molecule has 0 aromatic heterocycles. The van der Waals surface area contributed by atoms with E-state index in [9.17, 15) is 35.9 Å². The molecule has 1 amide bonds. The molecule has 0 aliphatic rings. The zero-order valence-electron chi connectivity index (χ0n) is 15.6. The first kappa shape index (κ1) is 24.9. The molecule has 0 radical (unpaired) electrons. The number of ether oxygens (including phenoxy) is 2. The molecule has 6 nitrogen and oxygen atoms in total. The normalized spacial score (nSPS) is 12.6. The zero-order valence-corrected chi connectivity index (χ0v) is 15.6. The summed E-state index contributed by atoms with van der Waals surface area (Å²) in [5.41, 5.74) is -0.437. The fourth-order valence-electron chi connectivity index (χ4n) is 2.05. The average molecular weight is 440 g/mol. The Morgan fingerprint density at radius 1 is 1.17 bits per heavy atom. The number of hydrogen-bond acceptors (Lipinski definition) is 5. The van der Waals surface area contributed by atoms with Crippen LogP contribution in [0.5, 0.6) is 11.5 Å². The minimum Gasteiger partial charge on any atom is -0.493 e. The Balaban J connectivity index is 3.10. The van der Waals surface area contributed by atoms with Gasteiger partial charge in [0.15, 0.2) is 0 Å². The largest absolute Gasteiger partial charge is 0.573 e. The van der Waals surface area contributed by atoms with Crippen LogP contribution in [0.3, 0.4) is 0 Å². The van der Waals surface area contributed by atoms with E-state index in [1.165, 1.54) is 12.3 Å². The van der Waals surface area contributed by atoms with Crippen LogP contribution in [0, 0.1) is 0 Å². The third kappa shape index (κ3) is 9.85. The van der Waals surface area contributed by atoms with Crippen molar-refractivity contribution in [3.05, 3.63) is 47.8 Å². The lowest BCUT2D eigenvalue weighted by atomic mass is 10.1. The van der Waals surface area contributed by atoms with E-state index in [0.717, 1.165) is 24.3 Å². The summed E-state index contributed by atoms with van der Waals surface area (Å²) in [5, 5.41) is 4.89. The van der Waals surface area contributed by atoms with Gasteiger partial charge in [-0.1, -0.05) is 0 Å². The Morgan fingerprint density at radius 2 is 1.87 bits per heavy atom. The Labute approximate surface area is 167 Å². The van der Waals surface area contributed by atoms with Crippen molar-refractivity contribution in [2.24, 2.45) is 0 Å². The van der Waals surface area contributed by atoms with Crippen LogP contribution in [0.25, 0.3) is 0 Å². The number of aldehydes is 1. The van der Waals surface area contributed by atoms with Gasteiger partial charge in [-0.2, -0.15) is 13.2 Å². The fourth-order valence-corrected chi connectivity index (χ4v) is 2.05. The van der Waals surface area contributed by atoms with E-state index in [2.05, 4.69) is 15.4 Å². The lowest BCUT2D eigenvalue weighted by Crippen LogP contribution is -2.24. The van der Waals surface area contributed by atoms with Crippen molar-refractivity contribution in [2.45, 2.75) is 25.4 Å². The second kappa shape index (κ2) is 11.1. The fraction of sp³-hybridized carbons (Fsp3) is 0.333. The number of nitrogens with one attached hydrogen (secondary N) is 2. The van der Waals surface area contributed by atoms with Gasteiger partial charge in [-0.25, -0.2) is 0 Å². The number of amides is 1. The van der Waals surface area contributed by atoms with Gasteiger partial charge in [0.25, 0.3) is 5.91 Å². The van der Waals surface area contributed by atoms with Gasteiger partial charge >= 0.3 is 12.5 Å². The minimum atomic E-state index is -5.03. The maximum absolute atomic E-state index is 12.5. The first-order chi connectivity index (χ1) is 13.9. The number of carbonyl (C=O) groups is 2. The maximum atomic E-state index is 12.5. The van der Waals surface area contributed by atoms with Crippen LogP contribution in [0.15, 0.2) is 42.2 Å². The number of benzene rings is 1. The molecule has 1 rings (SSSR count). The van der Waals surface area contributed by atoms with Crippen molar-refractivity contribution in [1.82, 2.24) is 10.6 Å². The van der Waals surface area contributed by atoms with E-state index in [-0.39, 0.29) is 11.4 Å². The van der Waals surface area contributed by atoms with Gasteiger partial charge in [0.05, 0.1) is 12.2 Å². The lowest BCUT2D eigenvalue weighted by Gasteiger charge is -2.15. The minimum absolute atomic E-state index is 0.00508. The van der Waals surface area contributed by atoms with Crippen LogP contribution in [0.2, 0.25) is 0 Å². The molecule has 166 valence electrons. The van der Waals surface area contributed by atoms with Gasteiger partial charge in [-0.05, 0) is 36.9 Å². The monoisotopic (exact) mass is 440 g/mol. The van der Waals surface area contributed by atoms with Crippen LogP contribution in [0.1, 0.15) is 23.2 Å². The number of alkyl halides is 6. The van der Waals surface area contributed by atoms with E-state index in [4.69, 9.17) is 4.74 Å². The van der Waals surface area contributed by atoms with Gasteiger partial charge in [0.2, 0.25) is 0 Å². The van der Waals surface area contributed by atoms with E-state index >= 15 is 0 Å². The number of allylic oxidation sites excluding steroid dienone is 2. The van der Waals surface area contributed by atoms with E-state index in [1.54, 1.807) is 7.05 Å². The summed E-state index contributed by atoms with van der Waals surface area (Å²) in [7, 11) is 1.54. The topological polar surface area (TPSA) is 76.7 Å². The Morgan fingerprint density at radius 3 is 2.43 bits per heavy atom. The molecule has 1 aromatic rings. The summed E-state index contributed by atoms with van der Waals surface area (Å²) in [6.07, 6.45) is -6.97. The van der Waals surface area contributed by atoms with Gasteiger partial charge in [0, 0.05) is 25.2 Å². The molecule has 30 heavy (non-hydrogen) atoms. The lowest BCUT2D eigenvalue weighted by molar-refractivity contribution is -0.274. The smallest absolute Gasteiger partial charge is 0.493 e. The van der Waals surface area contributed by atoms with Crippen molar-refractivity contribution in [2.75, 3.05) is 13.7 Å². The van der Waals surface area contributed by atoms with Crippen molar-refractivity contribution in [3.63, 3.8) is 0 Å². The highest BCUT2D eigenvalue weighted by Gasteiger charge is 2.32. The molecular weight excluding hydrogens is 422 g/mol. The summed E-state index contributed by atoms with van der Waals surface area (Å²) < 4.78 is 83.0. The van der Waals surface area contributed by atoms with Crippen LogP contribution >= 0.6 is 0 Å². The highest BCUT2D eigenvalue weighted by Crippen LogP contribution is 2.29. The molecular formula is C18H18F6N2O4. The molecule has 0 aliphatic heterocycles. The zero-order chi connectivity index (χ0) is 22.8. The first-order valence-corrected chi connectivity index (χ1v) is 8.35. The van der Waals surface area contributed by atoms with Crippen molar-refractivity contribution >= 4 is 12.2 Å². The highest BCUT2D eigenvalue weighted by molar-refractivity contribution is 5.98. The standard InChI is InChI=1S/C18H18F6N2O4/c1-25-8-5-12(6-9-27)26-16(28)14-11-13(30-18(22,23)24)3-4-15(14)29-10-2-7-17(19,20)21/h3-6,8-9,11,25H,2,7,10H2,1H3,(H,26,28)/b8-5-,12-6+. The SMILES string of the molecule is CN/C=C\C(=C/C=O)NC(=O)c1cc(OC(F)(F)F)ccc1OCCCC(F)(F)F. The van der Waals surface area contributed by atoms with E-state index in [1.807, 2.05) is 0 Å². The second-order valence-corrected chi connectivity index (χ2v) is 5.61. The van der Waals surface area contributed by atoms with Crippen LogP contribution in [0.4, 0.5) is 26.3 Å². The molecule has 0 fully saturated rings. The van der Waals surface area contributed by atoms with Gasteiger partial charge in [-0.3, -0.25) is 9.59 Å². The molecule has 0 spiro atoms. The van der Waals surface area contributed by atoms with Crippen molar-refractivity contribution in [3.8, 4) is 11.5 Å². The molecule has 1 aromatic carbocycles. The van der Waals surface area contributed by atoms with Gasteiger partial charge in [-0.15, -0.1) is 13.2 Å². The molecule has 2 N–H and O–H groups in total. The van der Waals surface area contributed by atoms with Crippen molar-refractivity contribution < 1.29 is 45.4 Å². The summed E-state index contributed by atoms with van der Waals surface area (Å²) in [4.78, 5) is 23.2. The third-order valence-corrected chi connectivity index (χ3v) is 3.23. The molecule has 0 heterocycles. The average Bonchev–Trinajstić information content (AvgIpc) is 2.62. The number of hydrogen-bond donors (Lipinski definition) is 2. The molecule has 0 saturated heterocycles. The molecule has 0 saturated carbocycles. The third-order valence-electron chi connectivity index (χ3n) is 3.23. The molecule has 0 atom stereocenters. The highest BCUT2D eigenvalue weighted by atomic mass is 19.4. The second-order valence-electron chi connectivity index (χ2n) is 5.61. The molecule has 12 heteroatoms. The number of halogens is 6. The van der Waals surface area contributed by atoms with Gasteiger partial charge in [0.1, 0.15) is 17.8 Å².